The van der Waals surface area contributed by atoms with Crippen molar-refractivity contribution in [2.45, 2.75) is 59.8 Å². The molecule has 0 bridgehead atoms. The minimum Gasteiger partial charge on any atom is -0.394 e. The Kier molecular flexibility index (Phi) is 8.93. The lowest BCUT2D eigenvalue weighted by molar-refractivity contribution is -0.230. The van der Waals surface area contributed by atoms with E-state index in [9.17, 15) is 25.5 Å². The number of anilines is 2. The third kappa shape index (κ3) is 6.04. The van der Waals surface area contributed by atoms with Crippen LogP contribution < -0.4 is 4.90 Å². The van der Waals surface area contributed by atoms with Crippen LogP contribution in [0.1, 0.15) is 12.0 Å². The van der Waals surface area contributed by atoms with Gasteiger partial charge in [-0.25, -0.2) is 0 Å². The molecule has 2 aromatic rings. The number of fused-ring (bicyclic) bond motifs is 2. The number of benzene rings is 2. The molecule has 2 fully saturated rings. The number of rotatable bonds is 8. The molecule has 0 radical (unpaired) electrons. The first-order valence-corrected chi connectivity index (χ1v) is 14.2. The normalized spacial score (nSPS) is 29.1. The van der Waals surface area contributed by atoms with Crippen LogP contribution in [0.4, 0.5) is 11.4 Å². The molecule has 0 spiro atoms. The number of nitrogens with zero attached hydrogens (tertiary/aromatic N) is 3. The number of aliphatic hydroxyl groups is 5. The monoisotopic (exact) mass is 545 g/mol. The van der Waals surface area contributed by atoms with Crippen molar-refractivity contribution in [2.24, 2.45) is 0 Å². The predicted octanol–water partition coefficient (Wildman–Crippen LogP) is 0.809. The standard InChI is InChI=1S/C28H39N3O6S/c1-18-6-7-25-21(14-18)31(20-4-2-3-5-24(20)38-25)16-19(33)15-30-12-10-29(11-13-30)9-8-22-26(34)28(36)27(35)23(17-32)37-22/h2-7,14,19,22-23,26-28,32-36H,8-13,15-17H2,1H3/t19?,22-,23-,26+,27-,28-/m1/s1. The van der Waals surface area contributed by atoms with Crippen molar-refractivity contribution < 1.29 is 30.3 Å². The zero-order valence-electron chi connectivity index (χ0n) is 21.8. The summed E-state index contributed by atoms with van der Waals surface area (Å²) in [5.41, 5.74) is 3.47. The van der Waals surface area contributed by atoms with Crippen LogP contribution >= 0.6 is 11.8 Å². The Balaban J connectivity index is 1.12. The van der Waals surface area contributed by atoms with Gasteiger partial charge >= 0.3 is 0 Å². The van der Waals surface area contributed by atoms with E-state index in [1.54, 1.807) is 11.8 Å². The molecule has 0 amide bonds. The zero-order valence-corrected chi connectivity index (χ0v) is 22.6. The average molecular weight is 546 g/mol. The zero-order chi connectivity index (χ0) is 26.8. The molecule has 3 aliphatic heterocycles. The highest BCUT2D eigenvalue weighted by Crippen LogP contribution is 2.48. The minimum absolute atomic E-state index is 0.407. The summed E-state index contributed by atoms with van der Waals surface area (Å²) in [4.78, 5) is 9.21. The molecule has 9 nitrogen and oxygen atoms in total. The minimum atomic E-state index is -1.33. The van der Waals surface area contributed by atoms with E-state index < -0.39 is 43.2 Å². The lowest BCUT2D eigenvalue weighted by Gasteiger charge is -2.41. The van der Waals surface area contributed by atoms with Gasteiger partial charge in [0.1, 0.15) is 24.4 Å². The maximum atomic E-state index is 11.1. The largest absolute Gasteiger partial charge is 0.394 e. The number of hydrogen-bond donors (Lipinski definition) is 5. The number of aliphatic hydroxyl groups excluding tert-OH is 5. The number of β-amino-alcohol motifs (C(OH)–C–C–N with tert-alkyl or cyclic N) is 1. The first-order valence-electron chi connectivity index (χ1n) is 13.4. The van der Waals surface area contributed by atoms with Crippen LogP contribution in [0, 0.1) is 6.92 Å². The molecule has 2 saturated heterocycles. The Hall–Kier alpha value is -1.73. The molecular weight excluding hydrogens is 506 g/mol. The quantitative estimate of drug-likeness (QED) is 0.326. The van der Waals surface area contributed by atoms with Crippen molar-refractivity contribution in [2.75, 3.05) is 57.3 Å². The molecule has 5 rings (SSSR count). The van der Waals surface area contributed by atoms with Crippen LogP contribution in [0.25, 0.3) is 0 Å². The SMILES string of the molecule is Cc1ccc2c(c1)N(CC(O)CN1CCN(CC[C@H]3O[C@H](CO)[C@@H](O)[C@H](O)[C@H]3O)CC1)c1ccccc1S2. The molecule has 6 atom stereocenters. The third-order valence-electron chi connectivity index (χ3n) is 7.83. The van der Waals surface area contributed by atoms with Crippen LogP contribution in [0.3, 0.4) is 0 Å². The summed E-state index contributed by atoms with van der Waals surface area (Å²) in [5.74, 6) is 0. The second-order valence-corrected chi connectivity index (χ2v) is 11.7. The topological polar surface area (TPSA) is 120 Å². The lowest BCUT2D eigenvalue weighted by Crippen LogP contribution is -2.59. The number of para-hydroxylation sites is 1. The summed E-state index contributed by atoms with van der Waals surface area (Å²) >= 11 is 1.77. The van der Waals surface area contributed by atoms with Crippen LogP contribution in [0.15, 0.2) is 52.3 Å². The first-order chi connectivity index (χ1) is 18.3. The van der Waals surface area contributed by atoms with Gasteiger partial charge in [0.25, 0.3) is 0 Å². The Morgan fingerprint density at radius 1 is 0.868 bits per heavy atom. The summed E-state index contributed by atoms with van der Waals surface area (Å²) in [5, 5.41) is 50.8. The second kappa shape index (κ2) is 12.2. The Bertz CT molecular complexity index is 1080. The average Bonchev–Trinajstić information content (AvgIpc) is 2.92. The molecular formula is C28H39N3O6S. The third-order valence-corrected chi connectivity index (χ3v) is 8.96. The summed E-state index contributed by atoms with van der Waals surface area (Å²) in [6.07, 6.45) is -5.35. The molecule has 2 aromatic carbocycles. The molecule has 1 unspecified atom stereocenters. The van der Waals surface area contributed by atoms with Gasteiger partial charge in [-0.15, -0.1) is 0 Å². The van der Waals surface area contributed by atoms with E-state index in [-0.39, 0.29) is 0 Å². The van der Waals surface area contributed by atoms with E-state index in [0.29, 0.717) is 26.1 Å². The number of hydrogen-bond acceptors (Lipinski definition) is 10. The van der Waals surface area contributed by atoms with Crippen molar-refractivity contribution >= 4 is 23.1 Å². The maximum absolute atomic E-state index is 11.1. The molecule has 38 heavy (non-hydrogen) atoms. The van der Waals surface area contributed by atoms with Gasteiger partial charge in [-0.3, -0.25) is 4.90 Å². The van der Waals surface area contributed by atoms with E-state index >= 15 is 0 Å². The van der Waals surface area contributed by atoms with Crippen LogP contribution in [0.2, 0.25) is 0 Å². The van der Waals surface area contributed by atoms with Crippen LogP contribution in [-0.4, -0.2) is 124 Å². The fraction of sp³-hybridized carbons (Fsp3) is 0.571. The van der Waals surface area contributed by atoms with Gasteiger partial charge in [0, 0.05) is 49.1 Å². The van der Waals surface area contributed by atoms with Gasteiger partial charge in [-0.05, 0) is 43.2 Å². The molecule has 3 aliphatic rings. The van der Waals surface area contributed by atoms with E-state index in [0.717, 1.165) is 37.6 Å². The summed E-state index contributed by atoms with van der Waals surface area (Å²) in [7, 11) is 0. The smallest absolute Gasteiger partial charge is 0.111 e. The number of aryl methyl sites for hydroxylation is 1. The fourth-order valence-electron chi connectivity index (χ4n) is 5.63. The molecule has 5 N–H and O–H groups in total. The van der Waals surface area contributed by atoms with Crippen molar-refractivity contribution in [3.8, 4) is 0 Å². The Morgan fingerprint density at radius 3 is 2.32 bits per heavy atom. The van der Waals surface area contributed by atoms with E-state index in [1.807, 2.05) is 6.07 Å². The van der Waals surface area contributed by atoms with Crippen molar-refractivity contribution in [3.63, 3.8) is 0 Å². The van der Waals surface area contributed by atoms with E-state index in [1.165, 1.54) is 15.4 Å². The van der Waals surface area contributed by atoms with Gasteiger partial charge in [0.05, 0.1) is 36.7 Å². The molecule has 3 heterocycles. The molecule has 10 heteroatoms. The predicted molar refractivity (Wildman–Crippen MR) is 146 cm³/mol. The van der Waals surface area contributed by atoms with Gasteiger partial charge in [-0.1, -0.05) is 30.0 Å². The highest BCUT2D eigenvalue weighted by atomic mass is 32.2. The highest BCUT2D eigenvalue weighted by molar-refractivity contribution is 7.99. The summed E-state index contributed by atoms with van der Waals surface area (Å²) < 4.78 is 5.64. The van der Waals surface area contributed by atoms with E-state index in [4.69, 9.17) is 4.74 Å². The van der Waals surface area contributed by atoms with Gasteiger partial charge in [0.15, 0.2) is 0 Å². The maximum Gasteiger partial charge on any atom is 0.111 e. The molecule has 0 aliphatic carbocycles. The summed E-state index contributed by atoms with van der Waals surface area (Å²) in [6, 6.07) is 14.8. The van der Waals surface area contributed by atoms with Crippen molar-refractivity contribution in [1.29, 1.82) is 0 Å². The molecule has 0 aromatic heterocycles. The fourth-order valence-corrected chi connectivity index (χ4v) is 6.70. The van der Waals surface area contributed by atoms with Gasteiger partial charge in [-0.2, -0.15) is 0 Å². The van der Waals surface area contributed by atoms with Crippen molar-refractivity contribution in [1.82, 2.24) is 9.80 Å². The van der Waals surface area contributed by atoms with Gasteiger partial charge < -0.3 is 40.1 Å². The molecule has 208 valence electrons. The first kappa shape index (κ1) is 27.8. The highest BCUT2D eigenvalue weighted by Gasteiger charge is 2.43. The number of piperazine rings is 1. The molecule has 0 saturated carbocycles. The number of ether oxygens (including phenoxy) is 1. The van der Waals surface area contributed by atoms with E-state index in [2.05, 4.69) is 58.0 Å². The van der Waals surface area contributed by atoms with Crippen LogP contribution in [-0.2, 0) is 4.74 Å². The van der Waals surface area contributed by atoms with Gasteiger partial charge in [0.2, 0.25) is 0 Å². The summed E-state index contributed by atoms with van der Waals surface area (Å²) in [6.45, 7) is 6.79. The van der Waals surface area contributed by atoms with Crippen LogP contribution in [0.5, 0.6) is 0 Å². The second-order valence-electron chi connectivity index (χ2n) is 10.6. The Morgan fingerprint density at radius 2 is 1.55 bits per heavy atom. The van der Waals surface area contributed by atoms with Crippen molar-refractivity contribution in [3.05, 3.63) is 48.0 Å². The Labute approximate surface area is 228 Å². The lowest BCUT2D eigenvalue weighted by atomic mass is 9.93.